The summed E-state index contributed by atoms with van der Waals surface area (Å²) in [5.74, 6) is -0.426. The summed E-state index contributed by atoms with van der Waals surface area (Å²) in [5.41, 5.74) is 0.790. The standard InChI is InChI=1S/C15H20N2O4.C2H4O2/c1-3-21-12-6-4-11(5-7-12)16-13-10-14(18)17(15(13)19)8-9-20-2;1-2(3)4/h4-7,13,16H,3,8-10H2,1-2H3;1H3,(H,3,4). The normalized spacial score (nSPS) is 16.3. The van der Waals surface area contributed by atoms with Gasteiger partial charge in [0.25, 0.3) is 11.9 Å². The SMILES string of the molecule is CC(=O)O.CCOc1ccc(NC2CC(=O)N(CCOC)C2=O)cc1. The van der Waals surface area contributed by atoms with E-state index in [1.165, 1.54) is 4.90 Å². The van der Waals surface area contributed by atoms with E-state index >= 15 is 0 Å². The van der Waals surface area contributed by atoms with Crippen LogP contribution in [-0.4, -0.2) is 60.7 Å². The lowest BCUT2D eigenvalue weighted by Gasteiger charge is -2.15. The van der Waals surface area contributed by atoms with Gasteiger partial charge < -0.3 is 19.9 Å². The van der Waals surface area contributed by atoms with Crippen molar-refractivity contribution in [2.24, 2.45) is 0 Å². The molecule has 1 fully saturated rings. The molecular weight excluding hydrogens is 328 g/mol. The Labute approximate surface area is 146 Å². The molecule has 1 saturated heterocycles. The molecule has 1 unspecified atom stereocenters. The van der Waals surface area contributed by atoms with Crippen LogP contribution in [0.5, 0.6) is 5.75 Å². The predicted octanol–water partition coefficient (Wildman–Crippen LogP) is 1.36. The van der Waals surface area contributed by atoms with E-state index in [1.807, 2.05) is 31.2 Å². The number of likely N-dealkylation sites (tertiary alicyclic amines) is 1. The summed E-state index contributed by atoms with van der Waals surface area (Å²) in [6.07, 6.45) is 0.176. The molecule has 1 atom stereocenters. The molecule has 1 aliphatic heterocycles. The molecule has 2 rings (SSSR count). The molecule has 0 bridgehead atoms. The number of carbonyl (C=O) groups excluding carboxylic acids is 2. The summed E-state index contributed by atoms with van der Waals surface area (Å²) in [7, 11) is 1.54. The highest BCUT2D eigenvalue weighted by Gasteiger charge is 2.38. The van der Waals surface area contributed by atoms with Crippen LogP contribution in [-0.2, 0) is 19.1 Å². The fourth-order valence-corrected chi connectivity index (χ4v) is 2.23. The highest BCUT2D eigenvalue weighted by Crippen LogP contribution is 2.20. The zero-order valence-corrected chi connectivity index (χ0v) is 14.7. The lowest BCUT2D eigenvalue weighted by molar-refractivity contribution is -0.139. The number of aliphatic carboxylic acids is 1. The molecule has 0 radical (unpaired) electrons. The molecule has 8 heteroatoms. The third-order valence-electron chi connectivity index (χ3n) is 3.27. The number of carboxylic acids is 1. The Morgan fingerprint density at radius 3 is 2.44 bits per heavy atom. The quantitative estimate of drug-likeness (QED) is 0.714. The lowest BCUT2D eigenvalue weighted by atomic mass is 10.2. The summed E-state index contributed by atoms with van der Waals surface area (Å²) >= 11 is 0. The van der Waals surface area contributed by atoms with Crippen LogP contribution >= 0.6 is 0 Å². The fourth-order valence-electron chi connectivity index (χ4n) is 2.23. The molecule has 1 aliphatic rings. The number of nitrogens with zero attached hydrogens (tertiary/aromatic N) is 1. The van der Waals surface area contributed by atoms with Gasteiger partial charge in [-0.3, -0.25) is 19.3 Å². The molecule has 1 aromatic carbocycles. The number of benzene rings is 1. The molecule has 1 heterocycles. The molecule has 138 valence electrons. The van der Waals surface area contributed by atoms with E-state index in [1.54, 1.807) is 7.11 Å². The Hall–Kier alpha value is -2.61. The van der Waals surface area contributed by atoms with E-state index in [0.717, 1.165) is 18.4 Å². The second-order valence-electron chi connectivity index (χ2n) is 5.25. The van der Waals surface area contributed by atoms with Gasteiger partial charge in [0.2, 0.25) is 5.91 Å². The molecule has 0 saturated carbocycles. The van der Waals surface area contributed by atoms with Crippen molar-refractivity contribution in [3.63, 3.8) is 0 Å². The van der Waals surface area contributed by atoms with Crippen LogP contribution in [0.4, 0.5) is 5.69 Å². The average molecular weight is 352 g/mol. The van der Waals surface area contributed by atoms with Crippen molar-refractivity contribution in [3.8, 4) is 5.75 Å². The van der Waals surface area contributed by atoms with Gasteiger partial charge in [-0.2, -0.15) is 0 Å². The first-order valence-corrected chi connectivity index (χ1v) is 7.91. The van der Waals surface area contributed by atoms with Crippen molar-refractivity contribution in [1.82, 2.24) is 4.90 Å². The van der Waals surface area contributed by atoms with E-state index in [2.05, 4.69) is 5.32 Å². The maximum Gasteiger partial charge on any atom is 0.300 e. The van der Waals surface area contributed by atoms with Gasteiger partial charge in [0.1, 0.15) is 11.8 Å². The number of carboxylic acid groups (broad SMARTS) is 1. The van der Waals surface area contributed by atoms with Crippen LogP contribution in [0.25, 0.3) is 0 Å². The first kappa shape index (κ1) is 20.4. The van der Waals surface area contributed by atoms with Crippen LogP contribution in [0.3, 0.4) is 0 Å². The van der Waals surface area contributed by atoms with Gasteiger partial charge in [0.15, 0.2) is 0 Å². The summed E-state index contributed by atoms with van der Waals surface area (Å²) in [5, 5.41) is 10.5. The molecule has 0 aliphatic carbocycles. The number of rotatable bonds is 7. The average Bonchev–Trinajstić information content (AvgIpc) is 2.81. The largest absolute Gasteiger partial charge is 0.494 e. The summed E-state index contributed by atoms with van der Waals surface area (Å²) in [4.78, 5) is 34.2. The molecule has 0 spiro atoms. The molecular formula is C17H24N2O6. The van der Waals surface area contributed by atoms with Gasteiger partial charge in [0, 0.05) is 19.7 Å². The topological polar surface area (TPSA) is 105 Å². The second-order valence-corrected chi connectivity index (χ2v) is 5.25. The third-order valence-corrected chi connectivity index (χ3v) is 3.27. The van der Waals surface area contributed by atoms with Crippen molar-refractivity contribution in [2.45, 2.75) is 26.3 Å². The summed E-state index contributed by atoms with van der Waals surface area (Å²) < 4.78 is 10.3. The Kier molecular flexibility index (Phi) is 8.42. The smallest absolute Gasteiger partial charge is 0.300 e. The zero-order chi connectivity index (χ0) is 18.8. The fraction of sp³-hybridized carbons (Fsp3) is 0.471. The summed E-state index contributed by atoms with van der Waals surface area (Å²) in [6.45, 7) is 4.27. The van der Waals surface area contributed by atoms with Crippen LogP contribution in [0, 0.1) is 0 Å². The van der Waals surface area contributed by atoms with E-state index in [9.17, 15) is 9.59 Å². The number of amides is 2. The van der Waals surface area contributed by atoms with Crippen molar-refractivity contribution < 1.29 is 29.0 Å². The Morgan fingerprint density at radius 1 is 1.32 bits per heavy atom. The highest BCUT2D eigenvalue weighted by molar-refractivity contribution is 6.06. The minimum Gasteiger partial charge on any atom is -0.494 e. The first-order valence-electron chi connectivity index (χ1n) is 7.91. The zero-order valence-electron chi connectivity index (χ0n) is 14.7. The number of methoxy groups -OCH3 is 1. The number of hydrogen-bond donors (Lipinski definition) is 2. The van der Waals surface area contributed by atoms with Crippen LogP contribution in [0.2, 0.25) is 0 Å². The van der Waals surface area contributed by atoms with E-state index in [0.29, 0.717) is 19.8 Å². The maximum atomic E-state index is 12.2. The van der Waals surface area contributed by atoms with Crippen molar-refractivity contribution in [2.75, 3.05) is 32.2 Å². The Balaban J connectivity index is 0.000000705. The minimum absolute atomic E-state index is 0.166. The number of nitrogens with one attached hydrogen (secondary N) is 1. The summed E-state index contributed by atoms with van der Waals surface area (Å²) in [6, 6.07) is 6.82. The van der Waals surface area contributed by atoms with Crippen molar-refractivity contribution in [1.29, 1.82) is 0 Å². The number of hydrogen-bond acceptors (Lipinski definition) is 6. The van der Waals surface area contributed by atoms with E-state index in [4.69, 9.17) is 19.4 Å². The Morgan fingerprint density at radius 2 is 1.92 bits per heavy atom. The lowest BCUT2D eigenvalue weighted by Crippen LogP contribution is -2.36. The number of carbonyl (C=O) groups is 3. The Bertz CT molecular complexity index is 583. The molecule has 25 heavy (non-hydrogen) atoms. The van der Waals surface area contributed by atoms with E-state index < -0.39 is 12.0 Å². The third kappa shape index (κ3) is 6.80. The van der Waals surface area contributed by atoms with Crippen LogP contribution in [0.15, 0.2) is 24.3 Å². The van der Waals surface area contributed by atoms with Gasteiger partial charge in [-0.05, 0) is 31.2 Å². The van der Waals surface area contributed by atoms with Crippen molar-refractivity contribution >= 4 is 23.5 Å². The first-order chi connectivity index (χ1) is 11.9. The number of imide groups is 1. The molecule has 0 aromatic heterocycles. The van der Waals surface area contributed by atoms with E-state index in [-0.39, 0.29) is 18.2 Å². The molecule has 2 N–H and O–H groups in total. The minimum atomic E-state index is -0.833. The number of ether oxygens (including phenoxy) is 2. The van der Waals surface area contributed by atoms with Gasteiger partial charge in [-0.1, -0.05) is 0 Å². The van der Waals surface area contributed by atoms with Crippen LogP contribution < -0.4 is 10.1 Å². The second kappa shape index (κ2) is 10.3. The predicted molar refractivity (Wildman–Crippen MR) is 91.5 cm³/mol. The van der Waals surface area contributed by atoms with Crippen LogP contribution in [0.1, 0.15) is 20.3 Å². The highest BCUT2D eigenvalue weighted by atomic mass is 16.5. The maximum absolute atomic E-state index is 12.2. The molecule has 8 nitrogen and oxygen atoms in total. The van der Waals surface area contributed by atoms with Gasteiger partial charge in [-0.25, -0.2) is 0 Å². The number of anilines is 1. The molecule has 1 aromatic rings. The van der Waals surface area contributed by atoms with Gasteiger partial charge in [0.05, 0.1) is 26.2 Å². The van der Waals surface area contributed by atoms with Crippen molar-refractivity contribution in [3.05, 3.63) is 24.3 Å². The van der Waals surface area contributed by atoms with Gasteiger partial charge >= 0.3 is 0 Å². The monoisotopic (exact) mass is 352 g/mol. The van der Waals surface area contributed by atoms with Gasteiger partial charge in [-0.15, -0.1) is 0 Å². The molecule has 2 amide bonds.